The highest BCUT2D eigenvalue weighted by Gasteiger charge is 2.42. The fourth-order valence-electron chi connectivity index (χ4n) is 9.63. The topological polar surface area (TPSA) is 193 Å². The third-order valence-electron chi connectivity index (χ3n) is 13.3. The van der Waals surface area contributed by atoms with E-state index in [4.69, 9.17) is 28.9 Å². The second-order valence-corrected chi connectivity index (χ2v) is 18.0. The first-order valence-corrected chi connectivity index (χ1v) is 22.7. The molecule has 16 nitrogen and oxygen atoms in total. The van der Waals surface area contributed by atoms with Crippen LogP contribution in [-0.4, -0.2) is 106 Å². The number of fused-ring (bicyclic) bond motifs is 6. The zero-order chi connectivity index (χ0) is 47.1. The number of methoxy groups -OCH3 is 2. The van der Waals surface area contributed by atoms with Crippen LogP contribution >= 0.6 is 0 Å². The van der Waals surface area contributed by atoms with Crippen LogP contribution in [0.25, 0.3) is 44.2 Å². The fraction of sp³-hybridized carbons (Fsp3) is 0.373. The minimum absolute atomic E-state index is 0.0795. The highest BCUT2D eigenvalue weighted by atomic mass is 16.7. The molecule has 0 radical (unpaired) electrons. The Kier molecular flexibility index (Phi) is 12.3. The molecule has 2 fully saturated rings. The molecular formula is C51H56N8O8. The number of hydrogen-bond acceptors (Lipinski definition) is 10. The Hall–Kier alpha value is -7.04. The Labute approximate surface area is 388 Å². The molecule has 9 rings (SSSR count). The summed E-state index contributed by atoms with van der Waals surface area (Å²) in [6, 6.07) is 23.1. The molecular weight excluding hydrogens is 853 g/mol. The lowest BCUT2D eigenvalue weighted by molar-refractivity contribution is -0.171. The lowest BCUT2D eigenvalue weighted by Gasteiger charge is -2.36. The Bertz CT molecular complexity index is 2880. The number of alkyl carbamates (subject to hydrolysis) is 2. The van der Waals surface area contributed by atoms with Crippen molar-refractivity contribution in [1.29, 1.82) is 0 Å². The van der Waals surface area contributed by atoms with Crippen LogP contribution in [0.1, 0.15) is 80.7 Å². The molecule has 4 amide bonds. The quantitative estimate of drug-likeness (QED) is 0.0880. The standard InChI is InChI=1S/C51H56N8O8/c1-28(2)40(56-49(62)64-6)47(60)58-22-21-29(3)44(58)46-53-39-20-16-35-26-33(14-18-37(35)43(39)55-46)32-13-17-36-34(25-32)15-19-38-42(36)54-45(52-38)30(4)59(27-51(5)66-23-24-67-51)48(61)41(57-50(63)65-7)31-11-9-8-10-12-31/h8-15,17-19,25-26,28,30,40-41,44H,3,16,20-24,27H2,1-2,4-7H3,(H,52,54)(H,53,55)(H,56,62)(H,57,63)/t30-,40-,41+,44-/m0/s1. The van der Waals surface area contributed by atoms with E-state index < -0.39 is 42.1 Å². The number of ether oxygens (including phenoxy) is 4. The molecule has 4 heterocycles. The number of carbonyl (C=O) groups is 4. The van der Waals surface area contributed by atoms with Gasteiger partial charge in [-0.3, -0.25) is 9.59 Å². The van der Waals surface area contributed by atoms with E-state index in [0.29, 0.717) is 43.4 Å². The van der Waals surface area contributed by atoms with Crippen LogP contribution in [0, 0.1) is 5.92 Å². The van der Waals surface area contributed by atoms with Gasteiger partial charge in [-0.2, -0.15) is 0 Å². The third kappa shape index (κ3) is 8.74. The number of carbonyl (C=O) groups excluding carboxylic acids is 4. The van der Waals surface area contributed by atoms with Gasteiger partial charge in [-0.15, -0.1) is 0 Å². The van der Waals surface area contributed by atoms with Gasteiger partial charge in [-0.1, -0.05) is 87.2 Å². The highest BCUT2D eigenvalue weighted by Crippen LogP contribution is 2.41. The summed E-state index contributed by atoms with van der Waals surface area (Å²) < 4.78 is 21.7. The molecule has 1 aliphatic carbocycles. The summed E-state index contributed by atoms with van der Waals surface area (Å²) in [5.74, 6) is -0.554. The smallest absolute Gasteiger partial charge is 0.407 e. The van der Waals surface area contributed by atoms with Crippen molar-refractivity contribution in [2.24, 2.45) is 5.92 Å². The average molecular weight is 909 g/mol. The number of aromatic nitrogens is 4. The maximum atomic E-state index is 14.6. The molecule has 4 aromatic carbocycles. The maximum Gasteiger partial charge on any atom is 0.407 e. The largest absolute Gasteiger partial charge is 0.453 e. The van der Waals surface area contributed by atoms with Crippen molar-refractivity contribution < 1.29 is 38.1 Å². The Balaban J connectivity index is 0.982. The predicted molar refractivity (Wildman–Crippen MR) is 252 cm³/mol. The summed E-state index contributed by atoms with van der Waals surface area (Å²) in [6.07, 6.45) is 0.833. The summed E-state index contributed by atoms with van der Waals surface area (Å²) >= 11 is 0. The van der Waals surface area contributed by atoms with E-state index in [1.807, 2.05) is 45.0 Å². The number of hydrogen-bond donors (Lipinski definition) is 4. The Morgan fingerprint density at radius 3 is 2.33 bits per heavy atom. The van der Waals surface area contributed by atoms with Crippen LogP contribution in [-0.2, 0) is 41.4 Å². The summed E-state index contributed by atoms with van der Waals surface area (Å²) in [6.45, 7) is 13.2. The lowest BCUT2D eigenvalue weighted by atomic mass is 9.89. The monoisotopic (exact) mass is 908 g/mol. The molecule has 6 aromatic rings. The number of rotatable bonds is 12. The van der Waals surface area contributed by atoms with Gasteiger partial charge in [0, 0.05) is 23.2 Å². The minimum Gasteiger partial charge on any atom is -0.453 e. The minimum atomic E-state index is -1.07. The van der Waals surface area contributed by atoms with Gasteiger partial charge in [-0.25, -0.2) is 19.6 Å². The van der Waals surface area contributed by atoms with Crippen LogP contribution in [0.4, 0.5) is 9.59 Å². The molecule has 2 aromatic heterocycles. The summed E-state index contributed by atoms with van der Waals surface area (Å²) in [5.41, 5.74) is 9.32. The highest BCUT2D eigenvalue weighted by molar-refractivity contribution is 6.05. The summed E-state index contributed by atoms with van der Waals surface area (Å²) in [5, 5.41) is 7.40. The van der Waals surface area contributed by atoms with Crippen molar-refractivity contribution in [3.8, 4) is 22.4 Å². The number of aromatic amines is 2. The zero-order valence-corrected chi connectivity index (χ0v) is 38.6. The van der Waals surface area contributed by atoms with E-state index in [1.54, 1.807) is 28.9 Å². The molecule has 67 heavy (non-hydrogen) atoms. The molecule has 3 aliphatic rings. The van der Waals surface area contributed by atoms with E-state index in [0.717, 1.165) is 68.3 Å². The molecule has 0 spiro atoms. The average Bonchev–Trinajstić information content (AvgIpc) is 4.16. The van der Waals surface area contributed by atoms with Gasteiger partial charge in [0.2, 0.25) is 5.91 Å². The van der Waals surface area contributed by atoms with Gasteiger partial charge < -0.3 is 49.3 Å². The number of nitrogens with one attached hydrogen (secondary N) is 4. The van der Waals surface area contributed by atoms with E-state index in [1.165, 1.54) is 19.8 Å². The van der Waals surface area contributed by atoms with E-state index in [2.05, 4.69) is 69.6 Å². The van der Waals surface area contributed by atoms with Crippen molar-refractivity contribution in [1.82, 2.24) is 40.4 Å². The van der Waals surface area contributed by atoms with Crippen molar-refractivity contribution in [2.45, 2.75) is 76.9 Å². The molecule has 4 atom stereocenters. The van der Waals surface area contributed by atoms with Gasteiger partial charge in [0.15, 0.2) is 5.79 Å². The molecule has 0 unspecified atom stereocenters. The molecule has 4 N–H and O–H groups in total. The van der Waals surface area contributed by atoms with Crippen LogP contribution in [0.15, 0.2) is 91.0 Å². The predicted octanol–water partition coefficient (Wildman–Crippen LogP) is 7.83. The van der Waals surface area contributed by atoms with Gasteiger partial charge >= 0.3 is 12.2 Å². The molecule has 0 saturated carbocycles. The van der Waals surface area contributed by atoms with Gasteiger partial charge in [0.05, 0.1) is 56.7 Å². The third-order valence-corrected chi connectivity index (χ3v) is 13.3. The molecule has 0 bridgehead atoms. The summed E-state index contributed by atoms with van der Waals surface area (Å²) in [7, 11) is 2.55. The first-order valence-electron chi connectivity index (χ1n) is 22.7. The van der Waals surface area contributed by atoms with Crippen LogP contribution in [0.3, 0.4) is 0 Å². The number of benzene rings is 4. The van der Waals surface area contributed by atoms with Crippen molar-refractivity contribution in [3.63, 3.8) is 0 Å². The van der Waals surface area contributed by atoms with Crippen LogP contribution in [0.5, 0.6) is 0 Å². The number of amides is 4. The van der Waals surface area contributed by atoms with Crippen molar-refractivity contribution in [2.75, 3.05) is 40.5 Å². The molecule has 2 aliphatic heterocycles. The lowest BCUT2D eigenvalue weighted by Crippen LogP contribution is -2.51. The normalized spacial score (nSPS) is 17.7. The fourth-order valence-corrected chi connectivity index (χ4v) is 9.63. The van der Waals surface area contributed by atoms with Crippen LogP contribution < -0.4 is 10.6 Å². The maximum absolute atomic E-state index is 14.6. The van der Waals surface area contributed by atoms with Gasteiger partial charge in [-0.05, 0) is 84.4 Å². The second-order valence-electron chi connectivity index (χ2n) is 18.0. The number of nitrogens with zero attached hydrogens (tertiary/aromatic N) is 4. The zero-order valence-electron chi connectivity index (χ0n) is 38.6. The summed E-state index contributed by atoms with van der Waals surface area (Å²) in [4.78, 5) is 73.9. The van der Waals surface area contributed by atoms with Gasteiger partial charge in [0.1, 0.15) is 29.8 Å². The first-order chi connectivity index (χ1) is 32.2. The van der Waals surface area contributed by atoms with Gasteiger partial charge in [0.25, 0.3) is 5.91 Å². The van der Waals surface area contributed by atoms with E-state index in [9.17, 15) is 19.2 Å². The molecule has 2 saturated heterocycles. The molecule has 16 heteroatoms. The first kappa shape index (κ1) is 45.1. The van der Waals surface area contributed by atoms with E-state index in [-0.39, 0.29) is 24.3 Å². The Morgan fingerprint density at radius 2 is 1.60 bits per heavy atom. The SMILES string of the molecule is C=C1CCN(C(=O)[C@@H](NC(=O)OC)C(C)C)[C@@H]1c1nc2c([nH]1)CCc1cc(-c3ccc4c(ccc5[nH]c([C@H](C)N(CC6(C)OCCO6)C(=O)[C@H](NC(=O)OC)c6ccccc6)nc54)c3)ccc1-2. The Morgan fingerprint density at radius 1 is 0.881 bits per heavy atom. The van der Waals surface area contributed by atoms with E-state index >= 15 is 0 Å². The van der Waals surface area contributed by atoms with Crippen LogP contribution in [0.2, 0.25) is 0 Å². The van der Waals surface area contributed by atoms with Crippen molar-refractivity contribution >= 4 is 45.8 Å². The van der Waals surface area contributed by atoms with Crippen molar-refractivity contribution in [3.05, 3.63) is 119 Å². The number of likely N-dealkylation sites (tertiary alicyclic amines) is 1. The second kappa shape index (κ2) is 18.3. The number of aryl methyl sites for hydroxylation is 2. The number of H-pyrrole nitrogens is 2. The molecule has 348 valence electrons. The number of imidazole rings is 2.